The van der Waals surface area contributed by atoms with Gasteiger partial charge in [-0.3, -0.25) is 10.1 Å². The lowest BCUT2D eigenvalue weighted by molar-refractivity contribution is -0.382. The highest BCUT2D eigenvalue weighted by Crippen LogP contribution is 2.28. The molecule has 0 aromatic carbocycles. The van der Waals surface area contributed by atoms with Gasteiger partial charge in [-0.25, -0.2) is 4.52 Å². The fraction of sp³-hybridized carbons (Fsp3) is 0.267. The minimum absolute atomic E-state index is 0.0218. The van der Waals surface area contributed by atoms with Crippen LogP contribution in [0.2, 0.25) is 0 Å². The minimum atomic E-state index is -0.389. The number of fused-ring (bicyclic) bond motifs is 1. The van der Waals surface area contributed by atoms with Crippen molar-refractivity contribution < 1.29 is 4.92 Å². The molecule has 2 aromatic rings. The van der Waals surface area contributed by atoms with Gasteiger partial charge in [0.15, 0.2) is 0 Å². The summed E-state index contributed by atoms with van der Waals surface area (Å²) >= 11 is 0. The Hall–Kier alpha value is -2.83. The van der Waals surface area contributed by atoms with Crippen molar-refractivity contribution in [3.05, 3.63) is 58.4 Å². The summed E-state index contributed by atoms with van der Waals surface area (Å²) in [4.78, 5) is 13.0. The molecule has 1 N–H and O–H groups in total. The monoisotopic (exact) mass is 299 g/mol. The molecule has 0 bridgehead atoms. The van der Waals surface area contributed by atoms with Gasteiger partial charge in [-0.2, -0.15) is 0 Å². The van der Waals surface area contributed by atoms with E-state index in [-0.39, 0.29) is 10.6 Å². The standard InChI is InChI=1S/C15H17N5O2/c1-18-10-6-12(7-11-18)5-8-16-15-14(20(21)22)13-4-2-3-9-19(13)17-15/h2-4,6-7,9-10H,5,8,11H2,1H3,(H,16,17). The summed E-state index contributed by atoms with van der Waals surface area (Å²) < 4.78 is 1.52. The Morgan fingerprint density at radius 3 is 3.05 bits per heavy atom. The molecule has 3 heterocycles. The lowest BCUT2D eigenvalue weighted by Gasteiger charge is -2.17. The van der Waals surface area contributed by atoms with Crippen LogP contribution in [-0.4, -0.2) is 39.6 Å². The SMILES string of the molecule is CN1C=CC(CCNc2nn3ccccc3c2[N+](=O)[O-])=CC1. The number of aromatic nitrogens is 2. The maximum atomic E-state index is 11.3. The van der Waals surface area contributed by atoms with Gasteiger partial charge in [0.1, 0.15) is 5.52 Å². The number of nitrogens with zero attached hydrogens (tertiary/aromatic N) is 4. The largest absolute Gasteiger partial charge is 0.377 e. The molecule has 0 atom stereocenters. The van der Waals surface area contributed by atoms with E-state index < -0.39 is 0 Å². The number of nitrogens with one attached hydrogen (secondary N) is 1. The van der Waals surface area contributed by atoms with Gasteiger partial charge >= 0.3 is 5.69 Å². The molecule has 0 fully saturated rings. The molecule has 0 radical (unpaired) electrons. The number of anilines is 1. The molecule has 0 unspecified atom stereocenters. The summed E-state index contributed by atoms with van der Waals surface area (Å²) in [5, 5.41) is 18.6. The van der Waals surface area contributed by atoms with Crippen molar-refractivity contribution in [2.24, 2.45) is 0 Å². The van der Waals surface area contributed by atoms with Crippen molar-refractivity contribution >= 4 is 17.0 Å². The molecular formula is C15H17N5O2. The van der Waals surface area contributed by atoms with E-state index in [0.717, 1.165) is 13.0 Å². The third-order valence-corrected chi connectivity index (χ3v) is 3.59. The number of rotatable bonds is 5. The molecule has 3 rings (SSSR count). The first kappa shape index (κ1) is 14.1. The number of hydrogen-bond donors (Lipinski definition) is 1. The Morgan fingerprint density at radius 1 is 1.45 bits per heavy atom. The Kier molecular flexibility index (Phi) is 3.78. The Morgan fingerprint density at radius 2 is 2.32 bits per heavy atom. The van der Waals surface area contributed by atoms with Crippen molar-refractivity contribution in [1.29, 1.82) is 0 Å². The lowest BCUT2D eigenvalue weighted by atomic mass is 10.1. The Bertz CT molecular complexity index is 762. The zero-order chi connectivity index (χ0) is 15.5. The summed E-state index contributed by atoms with van der Waals surface area (Å²) in [6.45, 7) is 1.49. The highest BCUT2D eigenvalue weighted by molar-refractivity contribution is 5.76. The van der Waals surface area contributed by atoms with Crippen LogP contribution in [0.25, 0.3) is 5.52 Å². The smallest absolute Gasteiger partial charge is 0.338 e. The van der Waals surface area contributed by atoms with Gasteiger partial charge in [-0.15, -0.1) is 5.10 Å². The Balaban J connectivity index is 1.73. The summed E-state index contributed by atoms with van der Waals surface area (Å²) in [5.41, 5.74) is 1.74. The predicted molar refractivity (Wildman–Crippen MR) is 84.8 cm³/mol. The summed E-state index contributed by atoms with van der Waals surface area (Å²) in [6.07, 6.45) is 8.75. The second-order valence-corrected chi connectivity index (χ2v) is 5.20. The van der Waals surface area contributed by atoms with Gasteiger partial charge in [0.2, 0.25) is 5.82 Å². The van der Waals surface area contributed by atoms with Crippen LogP contribution in [0.15, 0.2) is 48.3 Å². The average Bonchev–Trinajstić information content (AvgIpc) is 2.87. The summed E-state index contributed by atoms with van der Waals surface area (Å²) in [7, 11) is 2.02. The number of likely N-dealkylation sites (N-methyl/N-ethyl adjacent to an activating group) is 1. The fourth-order valence-corrected chi connectivity index (χ4v) is 2.41. The zero-order valence-electron chi connectivity index (χ0n) is 12.3. The van der Waals surface area contributed by atoms with Gasteiger partial charge in [-0.05, 0) is 36.4 Å². The maximum absolute atomic E-state index is 11.3. The highest BCUT2D eigenvalue weighted by atomic mass is 16.6. The first-order valence-electron chi connectivity index (χ1n) is 7.08. The quantitative estimate of drug-likeness (QED) is 0.678. The van der Waals surface area contributed by atoms with E-state index in [1.165, 1.54) is 10.1 Å². The van der Waals surface area contributed by atoms with Crippen LogP contribution in [0.5, 0.6) is 0 Å². The van der Waals surface area contributed by atoms with Crippen molar-refractivity contribution in [3.8, 4) is 0 Å². The van der Waals surface area contributed by atoms with Crippen LogP contribution in [0.3, 0.4) is 0 Å². The third-order valence-electron chi connectivity index (χ3n) is 3.59. The van der Waals surface area contributed by atoms with E-state index in [4.69, 9.17) is 0 Å². The molecule has 1 aliphatic rings. The highest BCUT2D eigenvalue weighted by Gasteiger charge is 2.22. The van der Waals surface area contributed by atoms with E-state index in [9.17, 15) is 10.1 Å². The molecule has 0 amide bonds. The molecule has 0 saturated heterocycles. The molecule has 7 nitrogen and oxygen atoms in total. The first-order chi connectivity index (χ1) is 10.6. The lowest BCUT2D eigenvalue weighted by Crippen LogP contribution is -2.14. The van der Waals surface area contributed by atoms with Crippen LogP contribution >= 0.6 is 0 Å². The molecule has 2 aromatic heterocycles. The summed E-state index contributed by atoms with van der Waals surface area (Å²) in [5.74, 6) is 0.314. The molecule has 1 aliphatic heterocycles. The zero-order valence-corrected chi connectivity index (χ0v) is 12.3. The number of pyridine rings is 1. The van der Waals surface area contributed by atoms with E-state index in [1.54, 1.807) is 24.4 Å². The molecule has 114 valence electrons. The van der Waals surface area contributed by atoms with Crippen LogP contribution in [-0.2, 0) is 0 Å². The van der Waals surface area contributed by atoms with Gasteiger partial charge in [0.25, 0.3) is 0 Å². The van der Waals surface area contributed by atoms with Gasteiger partial charge in [0, 0.05) is 26.3 Å². The molecule has 22 heavy (non-hydrogen) atoms. The normalized spacial score (nSPS) is 14.2. The van der Waals surface area contributed by atoms with Crippen molar-refractivity contribution in [3.63, 3.8) is 0 Å². The summed E-state index contributed by atoms with van der Waals surface area (Å²) in [6, 6.07) is 5.25. The molecule has 7 heteroatoms. The topological polar surface area (TPSA) is 75.7 Å². The Labute approximate surface area is 127 Å². The van der Waals surface area contributed by atoms with E-state index in [0.29, 0.717) is 17.9 Å². The van der Waals surface area contributed by atoms with Crippen LogP contribution in [0, 0.1) is 10.1 Å². The van der Waals surface area contributed by atoms with E-state index >= 15 is 0 Å². The molecule has 0 aliphatic carbocycles. The molecule has 0 spiro atoms. The molecular weight excluding hydrogens is 282 g/mol. The van der Waals surface area contributed by atoms with Gasteiger partial charge in [0.05, 0.1) is 4.92 Å². The van der Waals surface area contributed by atoms with E-state index in [2.05, 4.69) is 27.5 Å². The number of allylic oxidation sites excluding steroid dienone is 1. The first-order valence-corrected chi connectivity index (χ1v) is 7.08. The predicted octanol–water partition coefficient (Wildman–Crippen LogP) is 2.43. The second-order valence-electron chi connectivity index (χ2n) is 5.20. The minimum Gasteiger partial charge on any atom is -0.377 e. The van der Waals surface area contributed by atoms with Crippen molar-refractivity contribution in [2.45, 2.75) is 6.42 Å². The van der Waals surface area contributed by atoms with Crippen molar-refractivity contribution in [2.75, 3.05) is 25.5 Å². The fourth-order valence-electron chi connectivity index (χ4n) is 2.41. The average molecular weight is 299 g/mol. The number of hydrogen-bond acceptors (Lipinski definition) is 5. The van der Waals surface area contributed by atoms with Gasteiger partial charge < -0.3 is 10.2 Å². The van der Waals surface area contributed by atoms with Crippen LogP contribution in [0.1, 0.15) is 6.42 Å². The molecule has 0 saturated carbocycles. The van der Waals surface area contributed by atoms with Crippen molar-refractivity contribution in [1.82, 2.24) is 14.5 Å². The van der Waals surface area contributed by atoms with Crippen LogP contribution < -0.4 is 5.32 Å². The maximum Gasteiger partial charge on any atom is 0.338 e. The number of nitro groups is 1. The van der Waals surface area contributed by atoms with Crippen LogP contribution in [0.4, 0.5) is 11.5 Å². The third kappa shape index (κ3) is 2.78. The van der Waals surface area contributed by atoms with E-state index in [1.807, 2.05) is 13.2 Å². The second kappa shape index (κ2) is 5.88. The van der Waals surface area contributed by atoms with Gasteiger partial charge in [-0.1, -0.05) is 12.1 Å².